The van der Waals surface area contributed by atoms with Crippen molar-refractivity contribution in [2.24, 2.45) is 0 Å². The van der Waals surface area contributed by atoms with E-state index in [2.05, 4.69) is 21.3 Å². The van der Waals surface area contributed by atoms with E-state index < -0.39 is 17.8 Å². The van der Waals surface area contributed by atoms with Crippen LogP contribution in [0.3, 0.4) is 0 Å². The lowest BCUT2D eigenvalue weighted by Gasteiger charge is -2.16. The highest BCUT2D eigenvalue weighted by Gasteiger charge is 2.42. The zero-order valence-electron chi connectivity index (χ0n) is 31.0. The standard InChI is InChI=1S/C34H57N5O14S/c40-28(4-2-1-3-27-33-26(25-54-27)37-34(45)38-33)35-9-10-36-29(41)7-11-46-13-15-48-17-19-50-21-23-52-24-22-51-20-18-49-16-14-47-12-8-32(44)53-39-30(42)5-6-31(39)43/h26-27,33H,1-25H2,(H,35,40)(H,36,41)(H2,37,38,45)/t26-,27-,33-/m0/s1. The van der Waals surface area contributed by atoms with E-state index in [4.69, 9.17) is 38.0 Å². The smallest absolute Gasteiger partial charge is 0.335 e. The number of hydrogen-bond acceptors (Lipinski definition) is 15. The molecular formula is C34H57N5O14S. The highest BCUT2D eigenvalue weighted by Crippen LogP contribution is 2.33. The minimum Gasteiger partial charge on any atom is -0.379 e. The van der Waals surface area contributed by atoms with Crippen molar-refractivity contribution >= 4 is 47.4 Å². The molecule has 0 unspecified atom stereocenters. The molecule has 3 saturated heterocycles. The molecule has 19 nitrogen and oxygen atoms in total. The summed E-state index contributed by atoms with van der Waals surface area (Å²) in [6.45, 7) is 5.74. The molecule has 6 amide bonds. The van der Waals surface area contributed by atoms with Crippen LogP contribution in [0.25, 0.3) is 0 Å². The predicted octanol–water partition coefficient (Wildman–Crippen LogP) is -0.552. The molecule has 3 fully saturated rings. The number of carbonyl (C=O) groups is 6. The Balaban J connectivity index is 0.940. The Morgan fingerprint density at radius 3 is 1.59 bits per heavy atom. The third-order valence-corrected chi connectivity index (χ3v) is 9.71. The van der Waals surface area contributed by atoms with E-state index in [1.807, 2.05) is 11.8 Å². The monoisotopic (exact) mass is 791 g/mol. The van der Waals surface area contributed by atoms with Crippen molar-refractivity contribution in [1.82, 2.24) is 26.3 Å². The average molecular weight is 792 g/mol. The Bertz CT molecular complexity index is 1140. The van der Waals surface area contributed by atoms with Gasteiger partial charge in [0.25, 0.3) is 11.8 Å². The van der Waals surface area contributed by atoms with Crippen molar-refractivity contribution in [3.63, 3.8) is 0 Å². The van der Waals surface area contributed by atoms with E-state index in [1.165, 1.54) is 0 Å². The number of thioether (sulfide) groups is 1. The molecule has 0 saturated carbocycles. The molecule has 3 heterocycles. The molecule has 308 valence electrons. The second kappa shape index (κ2) is 28.3. The lowest BCUT2D eigenvalue weighted by Crippen LogP contribution is -2.36. The fourth-order valence-electron chi connectivity index (χ4n) is 5.40. The van der Waals surface area contributed by atoms with Crippen LogP contribution in [0.15, 0.2) is 0 Å². The van der Waals surface area contributed by atoms with Crippen LogP contribution in [0.5, 0.6) is 0 Å². The zero-order chi connectivity index (χ0) is 38.6. The van der Waals surface area contributed by atoms with Crippen LogP contribution < -0.4 is 21.3 Å². The van der Waals surface area contributed by atoms with Gasteiger partial charge in [0.15, 0.2) is 0 Å². The van der Waals surface area contributed by atoms with E-state index in [0.717, 1.165) is 25.0 Å². The van der Waals surface area contributed by atoms with Crippen LogP contribution in [-0.2, 0) is 62.0 Å². The summed E-state index contributed by atoms with van der Waals surface area (Å²) in [5, 5.41) is 12.4. The molecule has 0 bridgehead atoms. The van der Waals surface area contributed by atoms with Gasteiger partial charge in [-0.1, -0.05) is 6.42 Å². The molecule has 3 aliphatic rings. The number of fused-ring (bicyclic) bond motifs is 1. The quantitative estimate of drug-likeness (QED) is 0.0372. The number of imide groups is 1. The van der Waals surface area contributed by atoms with Gasteiger partial charge in [-0.3, -0.25) is 19.2 Å². The van der Waals surface area contributed by atoms with Gasteiger partial charge in [-0.2, -0.15) is 11.8 Å². The Labute approximate surface area is 320 Å². The molecule has 0 aliphatic carbocycles. The summed E-state index contributed by atoms with van der Waals surface area (Å²) in [5.74, 6) is -0.982. The van der Waals surface area contributed by atoms with Gasteiger partial charge >= 0.3 is 12.0 Å². The van der Waals surface area contributed by atoms with Gasteiger partial charge < -0.3 is 59.3 Å². The summed E-state index contributed by atoms with van der Waals surface area (Å²) in [5.41, 5.74) is 0. The Hall–Kier alpha value is -3.11. The van der Waals surface area contributed by atoms with Crippen molar-refractivity contribution in [2.45, 2.75) is 68.7 Å². The summed E-state index contributed by atoms with van der Waals surface area (Å²) < 4.78 is 37.9. The van der Waals surface area contributed by atoms with Crippen LogP contribution >= 0.6 is 11.8 Å². The second-order valence-electron chi connectivity index (χ2n) is 12.4. The maximum Gasteiger partial charge on any atom is 0.335 e. The minimum absolute atomic E-state index is 0.0283. The fraction of sp³-hybridized carbons (Fsp3) is 0.824. The van der Waals surface area contributed by atoms with Crippen molar-refractivity contribution < 1.29 is 66.8 Å². The van der Waals surface area contributed by atoms with Gasteiger partial charge in [-0.25, -0.2) is 9.59 Å². The van der Waals surface area contributed by atoms with Gasteiger partial charge in [0, 0.05) is 49.8 Å². The Morgan fingerprint density at radius 1 is 0.611 bits per heavy atom. The summed E-state index contributed by atoms with van der Waals surface area (Å²) in [6.07, 6.45) is 3.38. The zero-order valence-corrected chi connectivity index (χ0v) is 31.8. The maximum absolute atomic E-state index is 12.1. The predicted molar refractivity (Wildman–Crippen MR) is 192 cm³/mol. The van der Waals surface area contributed by atoms with Crippen LogP contribution in [0.4, 0.5) is 4.79 Å². The highest BCUT2D eigenvalue weighted by atomic mass is 32.2. The lowest BCUT2D eigenvalue weighted by atomic mass is 10.0. The number of hydrogen-bond donors (Lipinski definition) is 4. The van der Waals surface area contributed by atoms with Gasteiger partial charge in [-0.05, 0) is 12.8 Å². The number of urea groups is 1. The third kappa shape index (κ3) is 20.0. The first-order valence-corrected chi connectivity index (χ1v) is 19.7. The molecule has 3 aliphatic heterocycles. The molecule has 0 aromatic heterocycles. The molecule has 0 aromatic carbocycles. The number of rotatable bonds is 33. The molecule has 3 atom stereocenters. The molecule has 0 spiro atoms. The van der Waals surface area contributed by atoms with Gasteiger partial charge in [0.2, 0.25) is 11.8 Å². The molecule has 0 radical (unpaired) electrons. The lowest BCUT2D eigenvalue weighted by molar-refractivity contribution is -0.198. The second-order valence-corrected chi connectivity index (χ2v) is 13.7. The first-order valence-electron chi connectivity index (χ1n) is 18.7. The van der Waals surface area contributed by atoms with E-state index in [-0.39, 0.29) is 75.4 Å². The summed E-state index contributed by atoms with van der Waals surface area (Å²) in [7, 11) is 0. The number of hydroxylamine groups is 2. The van der Waals surface area contributed by atoms with Gasteiger partial charge in [-0.15, -0.1) is 5.06 Å². The number of ether oxygens (including phenoxy) is 7. The van der Waals surface area contributed by atoms with Gasteiger partial charge in [0.1, 0.15) is 0 Å². The fourth-order valence-corrected chi connectivity index (χ4v) is 6.95. The highest BCUT2D eigenvalue weighted by molar-refractivity contribution is 8.00. The van der Waals surface area contributed by atoms with Crippen molar-refractivity contribution in [1.29, 1.82) is 0 Å². The topological polar surface area (TPSA) is 228 Å². The van der Waals surface area contributed by atoms with E-state index in [9.17, 15) is 28.8 Å². The molecular weight excluding hydrogens is 734 g/mol. The van der Waals surface area contributed by atoms with Crippen molar-refractivity contribution in [3.05, 3.63) is 0 Å². The maximum atomic E-state index is 12.1. The summed E-state index contributed by atoms with van der Waals surface area (Å²) in [4.78, 5) is 74.7. The number of amides is 6. The Kier molecular flexibility index (Phi) is 23.7. The molecule has 54 heavy (non-hydrogen) atoms. The SMILES string of the molecule is O=C(CCCC[C@@H]1SC[C@@H]2NC(=O)N[C@@H]21)NCCNC(=O)CCOCCOCCOCCOCCOCCOCCOCCC(=O)ON1C(=O)CCC1=O. The largest absolute Gasteiger partial charge is 0.379 e. The van der Waals surface area contributed by atoms with Crippen LogP contribution in [-0.4, -0.2) is 169 Å². The molecule has 0 aromatic rings. The molecule has 20 heteroatoms. The Morgan fingerprint density at radius 2 is 1.07 bits per heavy atom. The number of unbranched alkanes of at least 4 members (excludes halogenated alkanes) is 1. The van der Waals surface area contributed by atoms with E-state index in [1.54, 1.807) is 0 Å². The van der Waals surface area contributed by atoms with Crippen LogP contribution in [0.2, 0.25) is 0 Å². The van der Waals surface area contributed by atoms with Crippen LogP contribution in [0.1, 0.15) is 51.4 Å². The third-order valence-electron chi connectivity index (χ3n) is 8.20. The summed E-state index contributed by atoms with van der Waals surface area (Å²) >= 11 is 1.87. The van der Waals surface area contributed by atoms with E-state index >= 15 is 0 Å². The first kappa shape index (κ1) is 45.3. The first-order chi connectivity index (χ1) is 26.3. The van der Waals surface area contributed by atoms with Crippen molar-refractivity contribution in [3.8, 4) is 0 Å². The van der Waals surface area contributed by atoms with Crippen LogP contribution in [0, 0.1) is 0 Å². The van der Waals surface area contributed by atoms with E-state index in [0.29, 0.717) is 102 Å². The van der Waals surface area contributed by atoms with Crippen molar-refractivity contribution in [2.75, 3.05) is 111 Å². The normalized spacial score (nSPS) is 19.1. The average Bonchev–Trinajstić information content (AvgIpc) is 3.81. The minimum atomic E-state index is -0.708. The number of nitrogens with one attached hydrogen (secondary N) is 4. The molecule has 4 N–H and O–H groups in total. The van der Waals surface area contributed by atoms with Gasteiger partial charge in [0.05, 0.1) is 111 Å². The number of carbonyl (C=O) groups excluding carboxylic acids is 6. The number of nitrogens with zero attached hydrogens (tertiary/aromatic N) is 1. The summed E-state index contributed by atoms with van der Waals surface area (Å²) in [6, 6.07) is 0.326. The molecule has 3 rings (SSSR count).